The quantitative estimate of drug-likeness (QED) is 0.606. The highest BCUT2D eigenvalue weighted by Gasteiger charge is 2.42. The summed E-state index contributed by atoms with van der Waals surface area (Å²) in [4.78, 5) is 20.7. The molecule has 7 nitrogen and oxygen atoms in total. The van der Waals surface area contributed by atoms with Gasteiger partial charge in [-0.3, -0.25) is 0 Å². The minimum atomic E-state index is -1.82. The average Bonchev–Trinajstić information content (AvgIpc) is 3.14. The van der Waals surface area contributed by atoms with Gasteiger partial charge in [-0.2, -0.15) is 0 Å². The fraction of sp³-hybridized carbons (Fsp3) is 0.417. The summed E-state index contributed by atoms with van der Waals surface area (Å²) in [6.45, 7) is 3.78. The van der Waals surface area contributed by atoms with Gasteiger partial charge in [-0.25, -0.2) is 14.0 Å². The molecule has 2 aromatic rings. The Balaban J connectivity index is 0.000000427. The molecule has 2 aromatic carbocycles. The van der Waals surface area contributed by atoms with Gasteiger partial charge in [0, 0.05) is 13.1 Å². The predicted molar refractivity (Wildman–Crippen MR) is 114 cm³/mol. The van der Waals surface area contributed by atoms with Crippen LogP contribution in [0.2, 0.25) is 0 Å². The molecule has 1 fully saturated rings. The molecule has 3 N–H and O–H groups in total. The number of piperidine rings is 1. The van der Waals surface area contributed by atoms with Gasteiger partial charge in [-0.05, 0) is 61.1 Å². The molecular formula is C24H28FNO6. The van der Waals surface area contributed by atoms with Crippen molar-refractivity contribution in [3.8, 4) is 0 Å². The second-order valence-corrected chi connectivity index (χ2v) is 8.10. The first kappa shape index (κ1) is 23.8. The Morgan fingerprint density at radius 1 is 1.03 bits per heavy atom. The lowest BCUT2D eigenvalue weighted by Gasteiger charge is -2.39. The lowest BCUT2D eigenvalue weighted by atomic mass is 9.84. The number of hydrogen-bond donors (Lipinski definition) is 3. The van der Waals surface area contributed by atoms with Gasteiger partial charge < -0.3 is 25.0 Å². The van der Waals surface area contributed by atoms with Crippen LogP contribution in [-0.4, -0.2) is 51.8 Å². The van der Waals surface area contributed by atoms with Gasteiger partial charge in [0.25, 0.3) is 0 Å². The van der Waals surface area contributed by atoms with E-state index in [0.29, 0.717) is 6.42 Å². The number of aliphatic carboxylic acids is 2. The highest BCUT2D eigenvalue weighted by Crippen LogP contribution is 2.43. The van der Waals surface area contributed by atoms with Crippen LogP contribution >= 0.6 is 0 Å². The minimum Gasteiger partial charge on any atom is -0.473 e. The molecule has 1 atom stereocenters. The molecule has 0 saturated carbocycles. The average molecular weight is 445 g/mol. The summed E-state index contributed by atoms with van der Waals surface area (Å²) in [6, 6.07) is 14.7. The fourth-order valence-corrected chi connectivity index (χ4v) is 4.30. The Kier molecular flexibility index (Phi) is 7.95. The number of fused-ring (bicyclic) bond motifs is 2. The van der Waals surface area contributed by atoms with E-state index >= 15 is 0 Å². The normalized spacial score (nSPS) is 17.8. The van der Waals surface area contributed by atoms with Crippen molar-refractivity contribution >= 4 is 11.9 Å². The first-order valence-corrected chi connectivity index (χ1v) is 10.7. The maximum Gasteiger partial charge on any atom is 0.414 e. The van der Waals surface area contributed by atoms with Crippen molar-refractivity contribution in [3.63, 3.8) is 0 Å². The van der Waals surface area contributed by atoms with Crippen LogP contribution in [0.1, 0.15) is 48.5 Å². The molecule has 8 heteroatoms. The fourth-order valence-electron chi connectivity index (χ4n) is 4.30. The van der Waals surface area contributed by atoms with Crippen molar-refractivity contribution in [1.82, 2.24) is 4.90 Å². The van der Waals surface area contributed by atoms with Gasteiger partial charge >= 0.3 is 11.9 Å². The van der Waals surface area contributed by atoms with Crippen LogP contribution in [0.15, 0.2) is 48.5 Å². The number of benzene rings is 2. The third kappa shape index (κ3) is 5.91. The summed E-state index contributed by atoms with van der Waals surface area (Å²) in [5.41, 5.74) is 3.43. The summed E-state index contributed by atoms with van der Waals surface area (Å²) >= 11 is 0. The predicted octanol–water partition coefficient (Wildman–Crippen LogP) is 3.32. The molecule has 0 radical (unpaired) electrons. The Morgan fingerprint density at radius 3 is 2.28 bits per heavy atom. The summed E-state index contributed by atoms with van der Waals surface area (Å²) < 4.78 is 19.2. The Bertz CT molecular complexity index is 912. The van der Waals surface area contributed by atoms with Crippen molar-refractivity contribution < 1.29 is 34.0 Å². The van der Waals surface area contributed by atoms with Gasteiger partial charge in [0.2, 0.25) is 0 Å². The van der Waals surface area contributed by atoms with Gasteiger partial charge in [-0.1, -0.05) is 36.4 Å². The van der Waals surface area contributed by atoms with Crippen LogP contribution in [0.4, 0.5) is 4.39 Å². The van der Waals surface area contributed by atoms with Crippen LogP contribution in [-0.2, 0) is 26.5 Å². The molecule has 2 heterocycles. The first-order chi connectivity index (χ1) is 15.3. The minimum absolute atomic E-state index is 0.0826. The molecule has 1 saturated heterocycles. The number of carbonyl (C=O) groups is 2. The number of likely N-dealkylation sites (tertiary alicyclic amines) is 1. The lowest BCUT2D eigenvalue weighted by Crippen LogP contribution is -2.42. The largest absolute Gasteiger partial charge is 0.473 e. The maximum absolute atomic E-state index is 13.0. The summed E-state index contributed by atoms with van der Waals surface area (Å²) in [5, 5.41) is 25.0. The van der Waals surface area contributed by atoms with Gasteiger partial charge in [-0.15, -0.1) is 0 Å². The second-order valence-electron chi connectivity index (χ2n) is 8.10. The van der Waals surface area contributed by atoms with E-state index in [1.807, 2.05) is 0 Å². The number of rotatable bonds is 5. The topological polar surface area (TPSA) is 107 Å². The van der Waals surface area contributed by atoms with E-state index in [-0.39, 0.29) is 11.4 Å². The Hall–Kier alpha value is -2.81. The molecule has 172 valence electrons. The summed E-state index contributed by atoms with van der Waals surface area (Å²) in [5.74, 6) is -3.91. The van der Waals surface area contributed by atoms with Crippen molar-refractivity contribution in [2.75, 3.05) is 19.6 Å². The van der Waals surface area contributed by atoms with E-state index in [4.69, 9.17) is 24.5 Å². The number of ether oxygens (including phenoxy) is 1. The highest BCUT2D eigenvalue weighted by molar-refractivity contribution is 6.27. The molecule has 4 rings (SSSR count). The van der Waals surface area contributed by atoms with E-state index in [1.165, 1.54) is 23.3 Å². The first-order valence-electron chi connectivity index (χ1n) is 10.7. The lowest BCUT2D eigenvalue weighted by molar-refractivity contribution is -0.159. The standard InChI is InChI=1S/C22H26FNO2.C2H2O4/c23-19-9-7-17(8-10-19)21(25)6-3-13-24-14-11-22(12-15-24)20-5-2-1-4-18(20)16-26-22;3-1(4)2(5)6/h1-2,4-5,7-10,21,25H,3,6,11-16H2;(H,3,4)(H,5,6). The smallest absolute Gasteiger partial charge is 0.414 e. The summed E-state index contributed by atoms with van der Waals surface area (Å²) in [6.07, 6.45) is 3.18. The van der Waals surface area contributed by atoms with Crippen molar-refractivity contribution in [1.29, 1.82) is 0 Å². The Morgan fingerprint density at radius 2 is 1.66 bits per heavy atom. The number of hydrogen-bond acceptors (Lipinski definition) is 5. The molecule has 2 aliphatic rings. The zero-order chi connectivity index (χ0) is 23.1. The van der Waals surface area contributed by atoms with E-state index in [1.54, 1.807) is 12.1 Å². The third-order valence-electron chi connectivity index (χ3n) is 6.07. The molecule has 32 heavy (non-hydrogen) atoms. The maximum atomic E-state index is 13.0. The van der Waals surface area contributed by atoms with Crippen LogP contribution in [0.5, 0.6) is 0 Å². The molecule has 0 bridgehead atoms. The third-order valence-corrected chi connectivity index (χ3v) is 6.07. The van der Waals surface area contributed by atoms with E-state index in [9.17, 15) is 9.50 Å². The number of carboxylic acids is 2. The zero-order valence-electron chi connectivity index (χ0n) is 17.7. The number of halogens is 1. The molecular weight excluding hydrogens is 417 g/mol. The van der Waals surface area contributed by atoms with Crippen LogP contribution in [0.3, 0.4) is 0 Å². The van der Waals surface area contributed by atoms with Gasteiger partial charge in [0.05, 0.1) is 18.3 Å². The SMILES string of the molecule is O=C(O)C(=O)O.OC(CCCN1CCC2(CC1)OCc1ccccc12)c1ccc(F)cc1. The number of aliphatic hydroxyl groups excluding tert-OH is 1. The molecule has 2 aliphatic heterocycles. The number of aliphatic hydroxyl groups is 1. The highest BCUT2D eigenvalue weighted by atomic mass is 19.1. The number of carboxylic acid groups (broad SMARTS) is 2. The van der Waals surface area contributed by atoms with Gasteiger partial charge in [0.15, 0.2) is 0 Å². The van der Waals surface area contributed by atoms with Crippen molar-refractivity contribution in [2.45, 2.75) is 44.0 Å². The number of nitrogens with zero attached hydrogens (tertiary/aromatic N) is 1. The van der Waals surface area contributed by atoms with E-state index < -0.39 is 18.0 Å². The molecule has 0 aliphatic carbocycles. The molecule has 0 amide bonds. The monoisotopic (exact) mass is 445 g/mol. The van der Waals surface area contributed by atoms with E-state index in [0.717, 1.165) is 51.1 Å². The summed E-state index contributed by atoms with van der Waals surface area (Å²) in [7, 11) is 0. The van der Waals surface area contributed by atoms with Crippen LogP contribution < -0.4 is 0 Å². The Labute approximate surface area is 186 Å². The van der Waals surface area contributed by atoms with Gasteiger partial charge in [0.1, 0.15) is 5.82 Å². The van der Waals surface area contributed by atoms with Crippen molar-refractivity contribution in [3.05, 3.63) is 71.0 Å². The molecule has 1 unspecified atom stereocenters. The van der Waals surface area contributed by atoms with Crippen LogP contribution in [0.25, 0.3) is 0 Å². The van der Waals surface area contributed by atoms with Crippen LogP contribution in [0, 0.1) is 5.82 Å². The molecule has 1 spiro atoms. The van der Waals surface area contributed by atoms with Crippen molar-refractivity contribution in [2.24, 2.45) is 0 Å². The molecule has 0 aromatic heterocycles. The zero-order valence-corrected chi connectivity index (χ0v) is 17.7. The second kappa shape index (κ2) is 10.7. The van der Waals surface area contributed by atoms with E-state index in [2.05, 4.69) is 29.2 Å².